The molecular weight excluding hydrogens is 285 g/mol. The second kappa shape index (κ2) is 5.35. The number of anilines is 3. The minimum atomic E-state index is -1.61. The standard InChI is InChI=1S/C14H11F3N2O2/c1-6-4-7(5-8(13(6)18)14(20)21)19-10-3-2-9(15)11(16)12(10)17/h2-5,19H,18H2,1H3,(H,20,21). The Morgan fingerprint density at radius 2 is 1.86 bits per heavy atom. The summed E-state index contributed by atoms with van der Waals surface area (Å²) in [6, 6.07) is 4.44. The van der Waals surface area contributed by atoms with Gasteiger partial charge in [-0.1, -0.05) is 0 Å². The van der Waals surface area contributed by atoms with Gasteiger partial charge in [0.05, 0.1) is 11.3 Å². The van der Waals surface area contributed by atoms with Crippen molar-refractivity contribution in [3.05, 3.63) is 52.8 Å². The van der Waals surface area contributed by atoms with E-state index in [0.717, 1.165) is 12.1 Å². The lowest BCUT2D eigenvalue weighted by molar-refractivity contribution is 0.0698. The first-order valence-electron chi connectivity index (χ1n) is 5.85. The average Bonchev–Trinajstić information content (AvgIpc) is 2.43. The van der Waals surface area contributed by atoms with Crippen LogP contribution in [-0.4, -0.2) is 11.1 Å². The van der Waals surface area contributed by atoms with Crippen molar-refractivity contribution in [3.63, 3.8) is 0 Å². The van der Waals surface area contributed by atoms with Crippen molar-refractivity contribution in [2.24, 2.45) is 0 Å². The largest absolute Gasteiger partial charge is 0.478 e. The number of halogens is 3. The number of hydrogen-bond acceptors (Lipinski definition) is 3. The van der Waals surface area contributed by atoms with Gasteiger partial charge in [-0.05, 0) is 36.8 Å². The Balaban J connectivity index is 2.45. The van der Waals surface area contributed by atoms with E-state index >= 15 is 0 Å². The zero-order valence-corrected chi connectivity index (χ0v) is 10.9. The van der Waals surface area contributed by atoms with Crippen LogP contribution in [0.25, 0.3) is 0 Å². The van der Waals surface area contributed by atoms with Gasteiger partial charge < -0.3 is 16.2 Å². The van der Waals surface area contributed by atoms with Gasteiger partial charge in [-0.25, -0.2) is 18.0 Å². The van der Waals surface area contributed by atoms with Crippen LogP contribution >= 0.6 is 0 Å². The van der Waals surface area contributed by atoms with Gasteiger partial charge in [0.1, 0.15) is 0 Å². The molecule has 0 aliphatic carbocycles. The molecule has 0 saturated heterocycles. The summed E-state index contributed by atoms with van der Waals surface area (Å²) >= 11 is 0. The molecule has 21 heavy (non-hydrogen) atoms. The van der Waals surface area contributed by atoms with Crippen LogP contribution in [0.3, 0.4) is 0 Å². The molecule has 110 valence electrons. The molecule has 0 aliphatic rings. The first kappa shape index (κ1) is 14.7. The van der Waals surface area contributed by atoms with Crippen LogP contribution in [0.15, 0.2) is 24.3 Å². The smallest absolute Gasteiger partial charge is 0.337 e. The highest BCUT2D eigenvalue weighted by Crippen LogP contribution is 2.27. The molecule has 2 aromatic rings. The van der Waals surface area contributed by atoms with Crippen LogP contribution in [0.2, 0.25) is 0 Å². The zero-order valence-electron chi connectivity index (χ0n) is 10.9. The van der Waals surface area contributed by atoms with E-state index < -0.39 is 23.4 Å². The SMILES string of the molecule is Cc1cc(Nc2ccc(F)c(F)c2F)cc(C(=O)O)c1N. The molecule has 0 heterocycles. The minimum absolute atomic E-state index is 0.0822. The van der Waals surface area contributed by atoms with Gasteiger partial charge in [-0.15, -0.1) is 0 Å². The highest BCUT2D eigenvalue weighted by atomic mass is 19.2. The first-order valence-corrected chi connectivity index (χ1v) is 5.85. The third kappa shape index (κ3) is 2.76. The lowest BCUT2D eigenvalue weighted by Gasteiger charge is -2.12. The Bertz CT molecular complexity index is 733. The molecule has 4 N–H and O–H groups in total. The number of aromatic carboxylic acids is 1. The summed E-state index contributed by atoms with van der Waals surface area (Å²) in [4.78, 5) is 11.1. The highest BCUT2D eigenvalue weighted by molar-refractivity contribution is 5.96. The number of rotatable bonds is 3. The van der Waals surface area contributed by atoms with Gasteiger partial charge in [0.25, 0.3) is 0 Å². The van der Waals surface area contributed by atoms with E-state index in [0.29, 0.717) is 5.56 Å². The van der Waals surface area contributed by atoms with Crippen molar-refractivity contribution < 1.29 is 23.1 Å². The monoisotopic (exact) mass is 296 g/mol. The summed E-state index contributed by atoms with van der Waals surface area (Å²) < 4.78 is 39.6. The van der Waals surface area contributed by atoms with Crippen molar-refractivity contribution in [3.8, 4) is 0 Å². The molecule has 0 aliphatic heterocycles. The molecule has 4 nitrogen and oxygen atoms in total. The summed E-state index contributed by atoms with van der Waals surface area (Å²) in [5.41, 5.74) is 5.89. The number of carboxylic acid groups (broad SMARTS) is 1. The predicted molar refractivity (Wildman–Crippen MR) is 72.1 cm³/mol. The van der Waals surface area contributed by atoms with Crippen LogP contribution in [0.4, 0.5) is 30.2 Å². The maximum Gasteiger partial charge on any atom is 0.337 e. The molecule has 0 fully saturated rings. The van der Waals surface area contributed by atoms with E-state index in [9.17, 15) is 18.0 Å². The Hall–Kier alpha value is -2.70. The van der Waals surface area contributed by atoms with Crippen molar-refractivity contribution >= 4 is 23.0 Å². The van der Waals surface area contributed by atoms with Gasteiger partial charge in [-0.2, -0.15) is 0 Å². The minimum Gasteiger partial charge on any atom is -0.478 e. The fraction of sp³-hybridized carbons (Fsp3) is 0.0714. The highest BCUT2D eigenvalue weighted by Gasteiger charge is 2.16. The summed E-state index contributed by atoms with van der Waals surface area (Å²) in [5.74, 6) is -5.55. The van der Waals surface area contributed by atoms with Crippen LogP contribution in [0.5, 0.6) is 0 Å². The van der Waals surface area contributed by atoms with Crippen LogP contribution in [0, 0.1) is 24.4 Å². The van der Waals surface area contributed by atoms with E-state index in [-0.39, 0.29) is 22.6 Å². The molecule has 0 saturated carbocycles. The van der Waals surface area contributed by atoms with Crippen molar-refractivity contribution in [1.29, 1.82) is 0 Å². The van der Waals surface area contributed by atoms with Crippen LogP contribution in [0.1, 0.15) is 15.9 Å². The third-order valence-corrected chi connectivity index (χ3v) is 2.93. The molecule has 0 radical (unpaired) electrons. The second-order valence-corrected chi connectivity index (χ2v) is 4.41. The molecule has 0 aromatic heterocycles. The maximum absolute atomic E-state index is 13.6. The molecule has 0 unspecified atom stereocenters. The molecule has 0 atom stereocenters. The number of aryl methyl sites for hydroxylation is 1. The van der Waals surface area contributed by atoms with Gasteiger partial charge in [0, 0.05) is 11.4 Å². The summed E-state index contributed by atoms with van der Waals surface area (Å²) in [5, 5.41) is 11.5. The van der Waals surface area contributed by atoms with E-state index in [4.69, 9.17) is 10.8 Å². The van der Waals surface area contributed by atoms with Gasteiger partial charge in [0.2, 0.25) is 0 Å². The summed E-state index contributed by atoms with van der Waals surface area (Å²) in [6.07, 6.45) is 0. The number of nitrogen functional groups attached to an aromatic ring is 1. The Morgan fingerprint density at radius 3 is 2.48 bits per heavy atom. The van der Waals surface area contributed by atoms with E-state index in [1.807, 2.05) is 0 Å². The number of carbonyl (C=O) groups is 1. The average molecular weight is 296 g/mol. The van der Waals surface area contributed by atoms with Crippen LogP contribution < -0.4 is 11.1 Å². The van der Waals surface area contributed by atoms with E-state index in [1.165, 1.54) is 12.1 Å². The predicted octanol–water partition coefficient (Wildman–Crippen LogP) is 3.44. The number of nitrogens with one attached hydrogen (secondary N) is 1. The summed E-state index contributed by atoms with van der Waals surface area (Å²) in [6.45, 7) is 1.58. The van der Waals surface area contributed by atoms with E-state index in [1.54, 1.807) is 6.92 Å². The molecular formula is C14H11F3N2O2. The fourth-order valence-corrected chi connectivity index (χ4v) is 1.83. The molecule has 0 bridgehead atoms. The normalized spacial score (nSPS) is 10.5. The molecule has 0 spiro atoms. The van der Waals surface area contributed by atoms with Gasteiger partial charge in [0.15, 0.2) is 17.5 Å². The van der Waals surface area contributed by atoms with Crippen LogP contribution in [-0.2, 0) is 0 Å². The van der Waals surface area contributed by atoms with Crippen molar-refractivity contribution in [1.82, 2.24) is 0 Å². The van der Waals surface area contributed by atoms with E-state index in [2.05, 4.69) is 5.32 Å². The van der Waals surface area contributed by atoms with Crippen molar-refractivity contribution in [2.45, 2.75) is 6.92 Å². The maximum atomic E-state index is 13.6. The Kier molecular flexibility index (Phi) is 3.75. The Morgan fingerprint density at radius 1 is 1.19 bits per heavy atom. The molecule has 7 heteroatoms. The number of hydrogen-bond donors (Lipinski definition) is 3. The molecule has 2 aromatic carbocycles. The lowest BCUT2D eigenvalue weighted by atomic mass is 10.1. The van der Waals surface area contributed by atoms with Gasteiger partial charge in [-0.3, -0.25) is 0 Å². The zero-order chi connectivity index (χ0) is 15.7. The topological polar surface area (TPSA) is 75.3 Å². The Labute approximate surface area is 118 Å². The molecule has 0 amide bonds. The first-order chi connectivity index (χ1) is 9.81. The molecule has 2 rings (SSSR count). The lowest BCUT2D eigenvalue weighted by Crippen LogP contribution is -2.06. The second-order valence-electron chi connectivity index (χ2n) is 4.41. The number of nitrogens with two attached hydrogens (primary N) is 1. The van der Waals surface area contributed by atoms with Crippen molar-refractivity contribution in [2.75, 3.05) is 11.1 Å². The van der Waals surface area contributed by atoms with Gasteiger partial charge >= 0.3 is 5.97 Å². The number of carboxylic acids is 1. The number of benzene rings is 2. The fourth-order valence-electron chi connectivity index (χ4n) is 1.83. The third-order valence-electron chi connectivity index (χ3n) is 2.93. The quantitative estimate of drug-likeness (QED) is 0.599. The summed E-state index contributed by atoms with van der Waals surface area (Å²) in [7, 11) is 0.